The van der Waals surface area contributed by atoms with Crippen molar-refractivity contribution < 1.29 is 29.2 Å². The molecular formula is C15H11BrN2O8. The number of ether oxygens (including phenoxy) is 2. The van der Waals surface area contributed by atoms with Gasteiger partial charge < -0.3 is 14.6 Å². The van der Waals surface area contributed by atoms with Crippen LogP contribution in [0.1, 0.15) is 17.3 Å². The number of carboxylic acid groups (broad SMARTS) is 1. The fourth-order valence-electron chi connectivity index (χ4n) is 2.01. The summed E-state index contributed by atoms with van der Waals surface area (Å²) in [5, 5.41) is 31.1. The van der Waals surface area contributed by atoms with Crippen molar-refractivity contribution in [2.24, 2.45) is 0 Å². The number of halogens is 1. The summed E-state index contributed by atoms with van der Waals surface area (Å²) in [6, 6.07) is 5.38. The first-order valence-corrected chi connectivity index (χ1v) is 7.84. The Morgan fingerprint density at radius 2 is 1.85 bits per heavy atom. The Bertz CT molecular complexity index is 899. The Hall–Kier alpha value is -3.21. The molecule has 0 amide bonds. The lowest BCUT2D eigenvalue weighted by Crippen LogP contribution is -2.02. The van der Waals surface area contributed by atoms with E-state index in [0.717, 1.165) is 18.2 Å². The van der Waals surface area contributed by atoms with E-state index in [1.807, 2.05) is 0 Å². The fraction of sp³-hybridized carbons (Fsp3) is 0.133. The zero-order valence-electron chi connectivity index (χ0n) is 13.2. The molecule has 0 saturated heterocycles. The van der Waals surface area contributed by atoms with Crippen LogP contribution >= 0.6 is 15.9 Å². The molecule has 26 heavy (non-hydrogen) atoms. The molecule has 0 aliphatic heterocycles. The second kappa shape index (κ2) is 7.78. The summed E-state index contributed by atoms with van der Waals surface area (Å²) in [6.07, 6.45) is 0. The third-order valence-electron chi connectivity index (χ3n) is 3.12. The second-order valence-corrected chi connectivity index (χ2v) is 5.65. The summed E-state index contributed by atoms with van der Waals surface area (Å²) in [5.74, 6) is -1.40. The Kier molecular flexibility index (Phi) is 5.72. The number of hydrogen-bond donors (Lipinski definition) is 1. The second-order valence-electron chi connectivity index (χ2n) is 4.79. The zero-order valence-corrected chi connectivity index (χ0v) is 14.8. The van der Waals surface area contributed by atoms with Crippen molar-refractivity contribution >= 4 is 33.3 Å². The SMILES string of the molecule is CCOc1cc(C(=O)O)cc(Br)c1Oc1ccc([N+](=O)[O-])cc1[N+](=O)[O-]. The van der Waals surface area contributed by atoms with Gasteiger partial charge in [0.2, 0.25) is 5.75 Å². The van der Waals surface area contributed by atoms with Gasteiger partial charge in [-0.15, -0.1) is 0 Å². The molecule has 0 heterocycles. The van der Waals surface area contributed by atoms with Crippen LogP contribution in [0.3, 0.4) is 0 Å². The highest BCUT2D eigenvalue weighted by molar-refractivity contribution is 9.10. The van der Waals surface area contributed by atoms with E-state index in [2.05, 4.69) is 15.9 Å². The fourth-order valence-corrected chi connectivity index (χ4v) is 2.53. The maximum atomic E-state index is 11.2. The molecule has 0 fully saturated rings. The Balaban J connectivity index is 2.55. The molecule has 0 atom stereocenters. The molecule has 0 unspecified atom stereocenters. The van der Waals surface area contributed by atoms with E-state index in [1.54, 1.807) is 6.92 Å². The predicted molar refractivity (Wildman–Crippen MR) is 92.1 cm³/mol. The monoisotopic (exact) mass is 426 g/mol. The number of aromatic carboxylic acids is 1. The molecule has 0 radical (unpaired) electrons. The first-order chi connectivity index (χ1) is 12.2. The molecule has 2 rings (SSSR count). The average molecular weight is 427 g/mol. The van der Waals surface area contributed by atoms with E-state index in [9.17, 15) is 25.0 Å². The molecule has 0 aliphatic rings. The smallest absolute Gasteiger partial charge is 0.335 e. The summed E-state index contributed by atoms with van der Waals surface area (Å²) in [5.41, 5.74) is -1.16. The van der Waals surface area contributed by atoms with Crippen molar-refractivity contribution in [2.45, 2.75) is 6.92 Å². The number of carboxylic acids is 1. The van der Waals surface area contributed by atoms with Gasteiger partial charge in [0.05, 0.1) is 32.6 Å². The van der Waals surface area contributed by atoms with Gasteiger partial charge >= 0.3 is 11.7 Å². The molecule has 2 aromatic rings. The molecule has 10 nitrogen and oxygen atoms in total. The van der Waals surface area contributed by atoms with Gasteiger partial charge in [-0.2, -0.15) is 0 Å². The third-order valence-corrected chi connectivity index (χ3v) is 3.71. The largest absolute Gasteiger partial charge is 0.490 e. The van der Waals surface area contributed by atoms with Crippen LogP contribution in [0, 0.1) is 20.2 Å². The van der Waals surface area contributed by atoms with Crippen LogP contribution in [-0.2, 0) is 0 Å². The number of nitro groups is 2. The van der Waals surface area contributed by atoms with Gasteiger partial charge in [0, 0.05) is 6.07 Å². The van der Waals surface area contributed by atoms with Crippen molar-refractivity contribution in [2.75, 3.05) is 6.61 Å². The lowest BCUT2D eigenvalue weighted by Gasteiger charge is -2.14. The highest BCUT2D eigenvalue weighted by atomic mass is 79.9. The standard InChI is InChI=1S/C15H11BrN2O8/c1-2-25-13-6-8(15(19)20)5-10(16)14(13)26-12-4-3-9(17(21)22)7-11(12)18(23)24/h3-7H,2H2,1H3,(H,19,20). The van der Waals surface area contributed by atoms with Crippen LogP contribution < -0.4 is 9.47 Å². The van der Waals surface area contributed by atoms with Gasteiger partial charge in [-0.1, -0.05) is 0 Å². The quantitative estimate of drug-likeness (QED) is 0.513. The van der Waals surface area contributed by atoms with Gasteiger partial charge in [-0.05, 0) is 41.1 Å². The Morgan fingerprint density at radius 3 is 2.38 bits per heavy atom. The number of hydrogen-bond acceptors (Lipinski definition) is 7. The summed E-state index contributed by atoms with van der Waals surface area (Å²) >= 11 is 3.15. The number of rotatable bonds is 7. The number of carbonyl (C=O) groups is 1. The van der Waals surface area contributed by atoms with Crippen LogP contribution in [0.4, 0.5) is 11.4 Å². The molecule has 0 saturated carbocycles. The van der Waals surface area contributed by atoms with E-state index in [0.29, 0.717) is 0 Å². The Morgan fingerprint density at radius 1 is 1.15 bits per heavy atom. The molecule has 136 valence electrons. The van der Waals surface area contributed by atoms with Crippen molar-refractivity contribution in [3.63, 3.8) is 0 Å². The van der Waals surface area contributed by atoms with E-state index in [4.69, 9.17) is 14.6 Å². The average Bonchev–Trinajstić information content (AvgIpc) is 2.57. The third kappa shape index (κ3) is 4.06. The minimum atomic E-state index is -1.19. The summed E-state index contributed by atoms with van der Waals surface area (Å²) in [7, 11) is 0. The van der Waals surface area contributed by atoms with Gasteiger partial charge in [0.15, 0.2) is 11.5 Å². The summed E-state index contributed by atoms with van der Waals surface area (Å²) in [6.45, 7) is 1.85. The van der Waals surface area contributed by atoms with Crippen LogP contribution in [0.15, 0.2) is 34.8 Å². The molecule has 0 bridgehead atoms. The Labute approximate surface area is 154 Å². The lowest BCUT2D eigenvalue weighted by atomic mass is 10.2. The van der Waals surface area contributed by atoms with Gasteiger partial charge in [0.1, 0.15) is 0 Å². The van der Waals surface area contributed by atoms with Crippen molar-refractivity contribution in [3.8, 4) is 17.2 Å². The zero-order chi connectivity index (χ0) is 19.4. The number of nitro benzene ring substituents is 2. The van der Waals surface area contributed by atoms with Crippen molar-refractivity contribution in [1.29, 1.82) is 0 Å². The normalized spacial score (nSPS) is 10.2. The maximum absolute atomic E-state index is 11.2. The van der Waals surface area contributed by atoms with E-state index in [1.165, 1.54) is 12.1 Å². The summed E-state index contributed by atoms with van der Waals surface area (Å²) in [4.78, 5) is 31.6. The highest BCUT2D eigenvalue weighted by Crippen LogP contribution is 2.43. The van der Waals surface area contributed by atoms with Crippen LogP contribution in [-0.4, -0.2) is 27.5 Å². The van der Waals surface area contributed by atoms with Gasteiger partial charge in [-0.25, -0.2) is 4.79 Å². The molecule has 1 N–H and O–H groups in total. The lowest BCUT2D eigenvalue weighted by molar-refractivity contribution is -0.394. The molecule has 2 aromatic carbocycles. The molecular weight excluding hydrogens is 416 g/mol. The van der Waals surface area contributed by atoms with E-state index in [-0.39, 0.29) is 33.9 Å². The molecule has 0 spiro atoms. The number of non-ortho nitro benzene ring substituents is 1. The predicted octanol–water partition coefficient (Wildman–Crippen LogP) is 4.15. The topological polar surface area (TPSA) is 142 Å². The van der Waals surface area contributed by atoms with E-state index < -0.39 is 27.2 Å². The first-order valence-electron chi connectivity index (χ1n) is 7.05. The highest BCUT2D eigenvalue weighted by Gasteiger charge is 2.24. The van der Waals surface area contributed by atoms with Crippen LogP contribution in [0.25, 0.3) is 0 Å². The van der Waals surface area contributed by atoms with Gasteiger partial charge in [0.25, 0.3) is 5.69 Å². The number of nitrogens with zero attached hydrogens (tertiary/aromatic N) is 2. The van der Waals surface area contributed by atoms with Gasteiger partial charge in [-0.3, -0.25) is 20.2 Å². The number of benzene rings is 2. The van der Waals surface area contributed by atoms with Crippen LogP contribution in [0.2, 0.25) is 0 Å². The van der Waals surface area contributed by atoms with Crippen LogP contribution in [0.5, 0.6) is 17.2 Å². The summed E-state index contributed by atoms with van der Waals surface area (Å²) < 4.78 is 11.1. The van der Waals surface area contributed by atoms with E-state index >= 15 is 0 Å². The molecule has 0 aliphatic carbocycles. The minimum absolute atomic E-state index is 0.00815. The first kappa shape index (κ1) is 19.1. The van der Waals surface area contributed by atoms with Crippen molar-refractivity contribution in [1.82, 2.24) is 0 Å². The van der Waals surface area contributed by atoms with Crippen molar-refractivity contribution in [3.05, 3.63) is 60.6 Å². The maximum Gasteiger partial charge on any atom is 0.335 e. The molecule has 11 heteroatoms. The molecule has 0 aromatic heterocycles. The minimum Gasteiger partial charge on any atom is -0.490 e.